The molecule has 0 unspecified atom stereocenters. The van der Waals surface area contributed by atoms with E-state index < -0.39 is 23.4 Å². The number of carbonyl (C=O) groups is 2. The Morgan fingerprint density at radius 1 is 1.14 bits per heavy atom. The van der Waals surface area contributed by atoms with Crippen molar-refractivity contribution in [2.45, 2.75) is 6.92 Å². The van der Waals surface area contributed by atoms with Crippen LogP contribution in [0.1, 0.15) is 26.3 Å². The van der Waals surface area contributed by atoms with Crippen LogP contribution < -0.4 is 5.32 Å². The van der Waals surface area contributed by atoms with E-state index in [1.54, 1.807) is 6.92 Å². The number of amides is 1. The summed E-state index contributed by atoms with van der Waals surface area (Å²) in [6.45, 7) is 1.65. The Labute approximate surface area is 119 Å². The third kappa shape index (κ3) is 3.17. The van der Waals surface area contributed by atoms with Crippen molar-refractivity contribution >= 4 is 17.6 Å². The minimum absolute atomic E-state index is 0.0712. The molecule has 2 rings (SSSR count). The normalized spacial score (nSPS) is 10.2. The molecule has 3 N–H and O–H groups in total. The van der Waals surface area contributed by atoms with E-state index in [0.29, 0.717) is 11.3 Å². The minimum Gasteiger partial charge on any atom is -0.507 e. The van der Waals surface area contributed by atoms with Crippen LogP contribution >= 0.6 is 0 Å². The van der Waals surface area contributed by atoms with Crippen LogP contribution in [0.15, 0.2) is 36.4 Å². The third-order valence-corrected chi connectivity index (χ3v) is 2.93. The summed E-state index contributed by atoms with van der Waals surface area (Å²) >= 11 is 0. The van der Waals surface area contributed by atoms with Gasteiger partial charge in [-0.25, -0.2) is 9.18 Å². The van der Waals surface area contributed by atoms with Crippen molar-refractivity contribution in [3.63, 3.8) is 0 Å². The van der Waals surface area contributed by atoms with Gasteiger partial charge in [0.25, 0.3) is 5.91 Å². The molecule has 0 aliphatic carbocycles. The van der Waals surface area contributed by atoms with Gasteiger partial charge in [0.1, 0.15) is 11.6 Å². The van der Waals surface area contributed by atoms with Gasteiger partial charge in [-0.1, -0.05) is 0 Å². The molecule has 0 radical (unpaired) electrons. The lowest BCUT2D eigenvalue weighted by Gasteiger charge is -2.10. The number of halogens is 1. The van der Waals surface area contributed by atoms with Gasteiger partial charge in [-0.2, -0.15) is 0 Å². The molecular weight excluding hydrogens is 277 g/mol. The molecule has 0 aliphatic rings. The van der Waals surface area contributed by atoms with Crippen molar-refractivity contribution in [1.29, 1.82) is 0 Å². The maximum Gasteiger partial charge on any atom is 0.335 e. The van der Waals surface area contributed by atoms with Gasteiger partial charge in [0.05, 0.1) is 11.1 Å². The summed E-state index contributed by atoms with van der Waals surface area (Å²) in [5.41, 5.74) is 1.01. The second-order valence-corrected chi connectivity index (χ2v) is 4.45. The first-order chi connectivity index (χ1) is 9.88. The number of aryl methyl sites for hydroxylation is 1. The summed E-state index contributed by atoms with van der Waals surface area (Å²) in [6, 6.07) is 7.31. The Morgan fingerprint density at radius 2 is 1.86 bits per heavy atom. The zero-order valence-electron chi connectivity index (χ0n) is 11.1. The molecule has 6 heteroatoms. The molecule has 0 atom stereocenters. The van der Waals surface area contributed by atoms with Gasteiger partial charge >= 0.3 is 5.97 Å². The van der Waals surface area contributed by atoms with Crippen molar-refractivity contribution < 1.29 is 24.2 Å². The van der Waals surface area contributed by atoms with Crippen LogP contribution in [0.25, 0.3) is 0 Å². The van der Waals surface area contributed by atoms with E-state index in [1.165, 1.54) is 24.3 Å². The smallest absolute Gasteiger partial charge is 0.335 e. The van der Waals surface area contributed by atoms with E-state index in [4.69, 9.17) is 5.11 Å². The Kier molecular flexibility index (Phi) is 3.89. The molecule has 0 aromatic heterocycles. The Bertz CT molecular complexity index is 728. The predicted octanol–water partition coefficient (Wildman–Crippen LogP) is 2.79. The summed E-state index contributed by atoms with van der Waals surface area (Å²) in [4.78, 5) is 22.8. The van der Waals surface area contributed by atoms with Crippen LogP contribution in [-0.2, 0) is 0 Å². The summed E-state index contributed by atoms with van der Waals surface area (Å²) in [5, 5.41) is 21.0. The first-order valence-corrected chi connectivity index (χ1v) is 6.02. The van der Waals surface area contributed by atoms with Gasteiger partial charge in [0.15, 0.2) is 0 Å². The van der Waals surface area contributed by atoms with Crippen molar-refractivity contribution in [3.8, 4) is 5.75 Å². The maximum atomic E-state index is 12.9. The topological polar surface area (TPSA) is 86.6 Å². The molecule has 0 bridgehead atoms. The number of hydrogen-bond acceptors (Lipinski definition) is 3. The molecule has 5 nitrogen and oxygen atoms in total. The Hall–Kier alpha value is -2.89. The lowest BCUT2D eigenvalue weighted by atomic mass is 10.1. The fourth-order valence-corrected chi connectivity index (χ4v) is 1.82. The molecule has 108 valence electrons. The first-order valence-electron chi connectivity index (χ1n) is 6.02. The van der Waals surface area contributed by atoms with Crippen LogP contribution in [0.3, 0.4) is 0 Å². The second kappa shape index (κ2) is 5.62. The number of hydrogen-bond donors (Lipinski definition) is 3. The molecule has 2 aromatic carbocycles. The predicted molar refractivity (Wildman–Crippen MR) is 74.2 cm³/mol. The van der Waals surface area contributed by atoms with Gasteiger partial charge in [-0.15, -0.1) is 0 Å². The maximum absolute atomic E-state index is 12.9. The summed E-state index contributed by atoms with van der Waals surface area (Å²) in [6.07, 6.45) is 0. The molecule has 0 fully saturated rings. The van der Waals surface area contributed by atoms with Crippen LogP contribution in [0.4, 0.5) is 10.1 Å². The number of aromatic carboxylic acids is 1. The SMILES string of the molecule is Cc1cc(C(=O)O)ccc1NC(=O)c1ccc(F)cc1O. The number of nitrogens with one attached hydrogen (secondary N) is 1. The molecular formula is C15H12FNO4. The average molecular weight is 289 g/mol. The van der Waals surface area contributed by atoms with E-state index >= 15 is 0 Å². The number of phenolic OH excluding ortho intramolecular Hbond substituents is 1. The summed E-state index contributed by atoms with van der Waals surface area (Å²) in [7, 11) is 0. The quantitative estimate of drug-likeness (QED) is 0.811. The van der Waals surface area contributed by atoms with E-state index in [0.717, 1.165) is 12.1 Å². The van der Waals surface area contributed by atoms with Gasteiger partial charge < -0.3 is 15.5 Å². The molecule has 2 aromatic rings. The highest BCUT2D eigenvalue weighted by molar-refractivity contribution is 6.06. The van der Waals surface area contributed by atoms with Gasteiger partial charge in [-0.05, 0) is 42.8 Å². The first kappa shape index (κ1) is 14.5. The van der Waals surface area contributed by atoms with Crippen LogP contribution in [-0.4, -0.2) is 22.1 Å². The third-order valence-electron chi connectivity index (χ3n) is 2.93. The molecule has 0 aliphatic heterocycles. The number of aromatic hydroxyl groups is 1. The van der Waals surface area contributed by atoms with Crippen molar-refractivity contribution in [1.82, 2.24) is 0 Å². The Morgan fingerprint density at radius 3 is 2.43 bits per heavy atom. The largest absolute Gasteiger partial charge is 0.507 e. The molecule has 0 spiro atoms. The number of carboxylic acid groups (broad SMARTS) is 1. The molecule has 0 saturated carbocycles. The fourth-order valence-electron chi connectivity index (χ4n) is 1.82. The highest BCUT2D eigenvalue weighted by atomic mass is 19.1. The van der Waals surface area contributed by atoms with E-state index in [2.05, 4.69) is 5.32 Å². The minimum atomic E-state index is -1.06. The number of carboxylic acids is 1. The standard InChI is InChI=1S/C15H12FNO4/c1-8-6-9(15(20)21)2-5-12(8)17-14(19)11-4-3-10(16)7-13(11)18/h2-7,18H,1H3,(H,17,19)(H,20,21). The average Bonchev–Trinajstić information content (AvgIpc) is 2.40. The zero-order chi connectivity index (χ0) is 15.6. The van der Waals surface area contributed by atoms with Crippen LogP contribution in [0.5, 0.6) is 5.75 Å². The second-order valence-electron chi connectivity index (χ2n) is 4.45. The molecule has 0 saturated heterocycles. The molecule has 0 heterocycles. The summed E-state index contributed by atoms with van der Waals surface area (Å²) < 4.78 is 12.9. The monoisotopic (exact) mass is 289 g/mol. The lowest BCUT2D eigenvalue weighted by molar-refractivity contribution is 0.0696. The number of phenols is 1. The van der Waals surface area contributed by atoms with Crippen LogP contribution in [0.2, 0.25) is 0 Å². The highest BCUT2D eigenvalue weighted by Crippen LogP contribution is 2.22. The molecule has 21 heavy (non-hydrogen) atoms. The van der Waals surface area contributed by atoms with Gasteiger partial charge in [0.2, 0.25) is 0 Å². The Balaban J connectivity index is 2.25. The summed E-state index contributed by atoms with van der Waals surface area (Å²) in [5.74, 6) is -2.79. The van der Waals surface area contributed by atoms with Crippen molar-refractivity contribution in [2.75, 3.05) is 5.32 Å². The van der Waals surface area contributed by atoms with E-state index in [1.807, 2.05) is 0 Å². The van der Waals surface area contributed by atoms with Gasteiger partial charge in [-0.3, -0.25) is 4.79 Å². The van der Waals surface area contributed by atoms with Gasteiger partial charge in [0, 0.05) is 11.8 Å². The van der Waals surface area contributed by atoms with Crippen molar-refractivity contribution in [2.24, 2.45) is 0 Å². The number of carbonyl (C=O) groups excluding carboxylic acids is 1. The number of rotatable bonds is 3. The van der Waals surface area contributed by atoms with Crippen molar-refractivity contribution in [3.05, 3.63) is 58.9 Å². The van der Waals surface area contributed by atoms with E-state index in [-0.39, 0.29) is 11.1 Å². The van der Waals surface area contributed by atoms with Crippen LogP contribution in [0, 0.1) is 12.7 Å². The van der Waals surface area contributed by atoms with E-state index in [9.17, 15) is 19.1 Å². The zero-order valence-corrected chi connectivity index (χ0v) is 11.1. The fraction of sp³-hybridized carbons (Fsp3) is 0.0667. The lowest BCUT2D eigenvalue weighted by Crippen LogP contribution is -2.13. The number of benzene rings is 2. The number of anilines is 1. The highest BCUT2D eigenvalue weighted by Gasteiger charge is 2.14. The molecule has 1 amide bonds.